The lowest BCUT2D eigenvalue weighted by molar-refractivity contribution is -0.127. The van der Waals surface area contributed by atoms with E-state index in [4.69, 9.17) is 0 Å². The van der Waals surface area contributed by atoms with Gasteiger partial charge in [-0.1, -0.05) is 75.6 Å². The maximum atomic E-state index is 13.9. The summed E-state index contributed by atoms with van der Waals surface area (Å²) in [5.41, 5.74) is 3.79. The van der Waals surface area contributed by atoms with Crippen molar-refractivity contribution in [3.05, 3.63) is 88.1 Å². The number of hydrogen-bond acceptors (Lipinski definition) is 3. The monoisotopic (exact) mass is 488 g/mol. The molecule has 0 saturated heterocycles. The van der Waals surface area contributed by atoms with Crippen molar-refractivity contribution in [1.29, 1.82) is 0 Å². The zero-order chi connectivity index (χ0) is 24.6. The standard InChI is InChI=1S/C30H36N2O2S/c1-3-22(2)24-14-16-27(17-15-24)32(28(33)20-23-18-19-35-21-23)29(25-10-6-4-7-11-25)30(34)31-26-12-8-5-9-13-26/h4,6-7,10-11,14-19,21-22,26,29H,3,5,8-9,12-13,20H2,1-2H3,(H,31,34). The summed E-state index contributed by atoms with van der Waals surface area (Å²) in [6.07, 6.45) is 6.81. The van der Waals surface area contributed by atoms with Crippen LogP contribution in [0.5, 0.6) is 0 Å². The fraction of sp³-hybridized carbons (Fsp3) is 0.400. The molecule has 4 rings (SSSR count). The van der Waals surface area contributed by atoms with Gasteiger partial charge in [0.15, 0.2) is 0 Å². The number of nitrogens with zero attached hydrogens (tertiary/aromatic N) is 1. The van der Waals surface area contributed by atoms with Crippen LogP contribution in [0, 0.1) is 0 Å². The average Bonchev–Trinajstić information content (AvgIpc) is 3.41. The van der Waals surface area contributed by atoms with E-state index in [9.17, 15) is 9.59 Å². The molecule has 0 aliphatic heterocycles. The molecular formula is C30H36N2O2S. The number of nitrogens with one attached hydrogen (secondary N) is 1. The van der Waals surface area contributed by atoms with Gasteiger partial charge in [0, 0.05) is 11.7 Å². The molecule has 2 unspecified atom stereocenters. The van der Waals surface area contributed by atoms with Crippen molar-refractivity contribution in [2.24, 2.45) is 0 Å². The highest BCUT2D eigenvalue weighted by Gasteiger charge is 2.34. The number of hydrogen-bond donors (Lipinski definition) is 1. The Kier molecular flexibility index (Phi) is 8.75. The Morgan fingerprint density at radius 3 is 2.31 bits per heavy atom. The van der Waals surface area contributed by atoms with E-state index in [2.05, 4.69) is 31.3 Å². The number of rotatable bonds is 9. The zero-order valence-electron chi connectivity index (χ0n) is 20.8. The molecule has 35 heavy (non-hydrogen) atoms. The molecule has 1 aromatic heterocycles. The van der Waals surface area contributed by atoms with Gasteiger partial charge in [0.1, 0.15) is 6.04 Å². The van der Waals surface area contributed by atoms with E-state index in [1.54, 1.807) is 16.2 Å². The second kappa shape index (κ2) is 12.2. The first-order chi connectivity index (χ1) is 17.1. The van der Waals surface area contributed by atoms with Gasteiger partial charge in [-0.25, -0.2) is 0 Å². The van der Waals surface area contributed by atoms with E-state index in [0.717, 1.165) is 48.9 Å². The summed E-state index contributed by atoms with van der Waals surface area (Å²) < 4.78 is 0. The number of carbonyl (C=O) groups excluding carboxylic acids is 2. The topological polar surface area (TPSA) is 49.4 Å². The van der Waals surface area contributed by atoms with Crippen molar-refractivity contribution in [2.75, 3.05) is 4.90 Å². The summed E-state index contributed by atoms with van der Waals surface area (Å²) in [5, 5.41) is 7.28. The number of amides is 2. The van der Waals surface area contributed by atoms with Gasteiger partial charge in [0.05, 0.1) is 6.42 Å². The highest BCUT2D eigenvalue weighted by atomic mass is 32.1. The van der Waals surface area contributed by atoms with Crippen molar-refractivity contribution in [2.45, 2.75) is 76.8 Å². The Balaban J connectivity index is 1.72. The smallest absolute Gasteiger partial charge is 0.248 e. The third-order valence-electron chi connectivity index (χ3n) is 7.13. The zero-order valence-corrected chi connectivity index (χ0v) is 21.6. The van der Waals surface area contributed by atoms with Gasteiger partial charge < -0.3 is 5.32 Å². The fourth-order valence-corrected chi connectivity index (χ4v) is 5.54. The van der Waals surface area contributed by atoms with Crippen LogP contribution in [0.2, 0.25) is 0 Å². The molecule has 184 valence electrons. The van der Waals surface area contributed by atoms with Crippen molar-refractivity contribution < 1.29 is 9.59 Å². The highest BCUT2D eigenvalue weighted by Crippen LogP contribution is 2.31. The Bertz CT molecular complexity index is 1070. The lowest BCUT2D eigenvalue weighted by Gasteiger charge is -2.33. The summed E-state index contributed by atoms with van der Waals surface area (Å²) in [5.74, 6) is 0.263. The molecule has 0 spiro atoms. The number of anilines is 1. The predicted molar refractivity (Wildman–Crippen MR) is 145 cm³/mol. The van der Waals surface area contributed by atoms with E-state index in [-0.39, 0.29) is 24.3 Å². The molecule has 1 aliphatic rings. The van der Waals surface area contributed by atoms with Crippen LogP contribution >= 0.6 is 11.3 Å². The van der Waals surface area contributed by atoms with E-state index < -0.39 is 6.04 Å². The minimum atomic E-state index is -0.723. The Morgan fingerprint density at radius 2 is 1.69 bits per heavy atom. The summed E-state index contributed by atoms with van der Waals surface area (Å²) in [7, 11) is 0. The summed E-state index contributed by atoms with van der Waals surface area (Å²) in [6, 6.07) is 19.3. The molecule has 1 fully saturated rings. The van der Waals surface area contributed by atoms with Crippen LogP contribution in [0.25, 0.3) is 0 Å². The van der Waals surface area contributed by atoms with Crippen LogP contribution in [0.3, 0.4) is 0 Å². The van der Waals surface area contributed by atoms with Crippen molar-refractivity contribution in [3.8, 4) is 0 Å². The fourth-order valence-electron chi connectivity index (χ4n) is 4.87. The van der Waals surface area contributed by atoms with Crippen LogP contribution in [0.1, 0.15) is 81.0 Å². The van der Waals surface area contributed by atoms with E-state index in [1.807, 2.05) is 59.3 Å². The van der Waals surface area contributed by atoms with Crippen LogP contribution in [0.4, 0.5) is 5.69 Å². The lowest BCUT2D eigenvalue weighted by atomic mass is 9.94. The van der Waals surface area contributed by atoms with Crippen LogP contribution in [-0.4, -0.2) is 17.9 Å². The molecule has 3 aromatic rings. The minimum Gasteiger partial charge on any atom is -0.351 e. The van der Waals surface area contributed by atoms with E-state index in [1.165, 1.54) is 12.0 Å². The van der Waals surface area contributed by atoms with Gasteiger partial charge >= 0.3 is 0 Å². The van der Waals surface area contributed by atoms with Crippen molar-refractivity contribution >= 4 is 28.8 Å². The molecule has 1 aliphatic carbocycles. The van der Waals surface area contributed by atoms with Gasteiger partial charge in [-0.05, 0) is 70.8 Å². The molecule has 2 amide bonds. The first-order valence-electron chi connectivity index (χ1n) is 12.8. The molecule has 1 saturated carbocycles. The lowest BCUT2D eigenvalue weighted by Crippen LogP contribution is -2.47. The average molecular weight is 489 g/mol. The van der Waals surface area contributed by atoms with Crippen LogP contribution < -0.4 is 10.2 Å². The highest BCUT2D eigenvalue weighted by molar-refractivity contribution is 7.08. The van der Waals surface area contributed by atoms with Crippen molar-refractivity contribution in [1.82, 2.24) is 5.32 Å². The Morgan fingerprint density at radius 1 is 0.971 bits per heavy atom. The quantitative estimate of drug-likeness (QED) is 0.352. The molecule has 1 N–H and O–H groups in total. The Hall–Kier alpha value is -2.92. The maximum absolute atomic E-state index is 13.9. The predicted octanol–water partition coefficient (Wildman–Crippen LogP) is 7.03. The summed E-state index contributed by atoms with van der Waals surface area (Å²) in [6.45, 7) is 4.38. The van der Waals surface area contributed by atoms with Gasteiger partial charge in [-0.3, -0.25) is 14.5 Å². The van der Waals surface area contributed by atoms with E-state index in [0.29, 0.717) is 5.92 Å². The van der Waals surface area contributed by atoms with Gasteiger partial charge in [-0.15, -0.1) is 0 Å². The molecule has 2 aromatic carbocycles. The van der Waals surface area contributed by atoms with Crippen LogP contribution in [-0.2, 0) is 16.0 Å². The first-order valence-corrected chi connectivity index (χ1v) is 13.8. The first kappa shape index (κ1) is 25.2. The second-order valence-electron chi connectivity index (χ2n) is 9.63. The summed E-state index contributed by atoms with van der Waals surface area (Å²) in [4.78, 5) is 29.4. The number of thiophene rings is 1. The minimum absolute atomic E-state index is 0.0765. The molecule has 4 nitrogen and oxygen atoms in total. The molecule has 5 heteroatoms. The maximum Gasteiger partial charge on any atom is 0.248 e. The molecule has 0 bridgehead atoms. The summed E-state index contributed by atoms with van der Waals surface area (Å²) >= 11 is 1.58. The normalized spacial score (nSPS) is 15.8. The second-order valence-corrected chi connectivity index (χ2v) is 10.4. The van der Waals surface area contributed by atoms with Gasteiger partial charge in [0.25, 0.3) is 0 Å². The molecule has 1 heterocycles. The molecule has 2 atom stereocenters. The third-order valence-corrected chi connectivity index (χ3v) is 7.86. The van der Waals surface area contributed by atoms with Gasteiger partial charge in [-0.2, -0.15) is 11.3 Å². The van der Waals surface area contributed by atoms with Crippen molar-refractivity contribution in [3.63, 3.8) is 0 Å². The van der Waals surface area contributed by atoms with E-state index >= 15 is 0 Å². The number of carbonyl (C=O) groups is 2. The number of benzene rings is 2. The van der Waals surface area contributed by atoms with Crippen LogP contribution in [0.15, 0.2) is 71.4 Å². The molecule has 0 radical (unpaired) electrons. The Labute approximate surface area is 213 Å². The largest absolute Gasteiger partial charge is 0.351 e. The third kappa shape index (κ3) is 6.40. The molecular weight excluding hydrogens is 452 g/mol. The SMILES string of the molecule is CCC(C)c1ccc(N(C(=O)Cc2ccsc2)C(C(=O)NC2CCCCC2)c2ccccc2)cc1. The van der Waals surface area contributed by atoms with Gasteiger partial charge in [0.2, 0.25) is 11.8 Å².